The fourth-order valence-electron chi connectivity index (χ4n) is 1.25. The van der Waals surface area contributed by atoms with Crippen LogP contribution in [0.1, 0.15) is 24.6 Å². The summed E-state index contributed by atoms with van der Waals surface area (Å²) >= 11 is 1.64. The molecule has 76 valence electrons. The second-order valence-electron chi connectivity index (χ2n) is 3.45. The molecule has 0 saturated heterocycles. The fraction of sp³-hybridized carbons (Fsp3) is 0.667. The van der Waals surface area contributed by atoms with E-state index in [1.54, 1.807) is 11.8 Å². The van der Waals surface area contributed by atoms with Crippen LogP contribution in [0.3, 0.4) is 0 Å². The highest BCUT2D eigenvalue weighted by Gasteiger charge is 2.30. The zero-order valence-corrected chi connectivity index (χ0v) is 8.84. The molecule has 2 rings (SSSR count). The van der Waals surface area contributed by atoms with Crippen molar-refractivity contribution in [1.29, 1.82) is 0 Å². The molecule has 14 heavy (non-hydrogen) atoms. The molecule has 1 heterocycles. The van der Waals surface area contributed by atoms with Crippen LogP contribution < -0.4 is 0 Å². The first-order chi connectivity index (χ1) is 6.79. The van der Waals surface area contributed by atoms with Gasteiger partial charge in [0.05, 0.1) is 12.2 Å². The Balaban J connectivity index is 1.91. The average molecular weight is 212 g/mol. The summed E-state index contributed by atoms with van der Waals surface area (Å²) in [6.45, 7) is 0. The van der Waals surface area contributed by atoms with Crippen molar-refractivity contribution in [2.24, 2.45) is 5.92 Å². The summed E-state index contributed by atoms with van der Waals surface area (Å²) < 4.78 is 4.97. The molecule has 0 radical (unpaired) electrons. The van der Waals surface area contributed by atoms with Crippen molar-refractivity contribution in [3.63, 3.8) is 0 Å². The van der Waals surface area contributed by atoms with Crippen LogP contribution in [0.25, 0.3) is 0 Å². The fourth-order valence-corrected chi connectivity index (χ4v) is 1.62. The number of nitrogens with zero attached hydrogens (tertiary/aromatic N) is 2. The molecule has 0 bridgehead atoms. The monoisotopic (exact) mass is 212 g/mol. The zero-order chi connectivity index (χ0) is 9.97. The van der Waals surface area contributed by atoms with E-state index in [0.717, 1.165) is 18.6 Å². The van der Waals surface area contributed by atoms with Crippen molar-refractivity contribution in [2.75, 3.05) is 6.26 Å². The third-order valence-corrected chi connectivity index (χ3v) is 2.69. The Bertz CT molecular complexity index is 333. The molecule has 1 aromatic rings. The van der Waals surface area contributed by atoms with Gasteiger partial charge in [-0.3, -0.25) is 4.79 Å². The molecule has 0 aromatic carbocycles. The number of hydrogen-bond donors (Lipinski definition) is 0. The molecule has 1 fully saturated rings. The summed E-state index contributed by atoms with van der Waals surface area (Å²) in [5.41, 5.74) is 0. The minimum absolute atomic E-state index is 0.240. The maximum Gasteiger partial charge on any atom is 0.234 e. The maximum atomic E-state index is 11.4. The van der Waals surface area contributed by atoms with Gasteiger partial charge in [-0.2, -0.15) is 16.7 Å². The molecular formula is C9H12N2O2S. The van der Waals surface area contributed by atoms with E-state index in [1.165, 1.54) is 0 Å². The molecule has 0 amide bonds. The molecule has 0 unspecified atom stereocenters. The van der Waals surface area contributed by atoms with Gasteiger partial charge in [-0.05, 0) is 19.1 Å². The Hall–Kier alpha value is -0.840. The zero-order valence-electron chi connectivity index (χ0n) is 8.02. The smallest absolute Gasteiger partial charge is 0.234 e. The molecule has 1 aliphatic carbocycles. The van der Waals surface area contributed by atoms with E-state index < -0.39 is 0 Å². The van der Waals surface area contributed by atoms with Crippen LogP contribution in [-0.2, 0) is 17.0 Å². The number of aromatic nitrogens is 2. The Kier molecular flexibility index (Phi) is 2.86. The van der Waals surface area contributed by atoms with E-state index in [1.807, 2.05) is 6.26 Å². The molecule has 1 aromatic heterocycles. The van der Waals surface area contributed by atoms with E-state index in [4.69, 9.17) is 4.52 Å². The molecule has 1 aliphatic rings. The van der Waals surface area contributed by atoms with Gasteiger partial charge in [-0.25, -0.2) is 0 Å². The lowest BCUT2D eigenvalue weighted by atomic mass is 10.2. The maximum absolute atomic E-state index is 11.4. The first kappa shape index (κ1) is 9.71. The van der Waals surface area contributed by atoms with Gasteiger partial charge < -0.3 is 4.52 Å². The number of carbonyl (C=O) groups excluding carboxylic acids is 1. The molecule has 0 N–H and O–H groups in total. The predicted molar refractivity (Wildman–Crippen MR) is 53.0 cm³/mol. The van der Waals surface area contributed by atoms with Gasteiger partial charge in [0.2, 0.25) is 5.89 Å². The summed E-state index contributed by atoms with van der Waals surface area (Å²) in [5, 5.41) is 3.78. The van der Waals surface area contributed by atoms with Gasteiger partial charge in [-0.15, -0.1) is 0 Å². The standard InChI is InChI=1S/C9H12N2O2S/c1-14-5-8-10-9(13-11-8)4-7(12)6-2-3-6/h6H,2-5H2,1H3. The van der Waals surface area contributed by atoms with Crippen LogP contribution in [0.2, 0.25) is 0 Å². The molecular weight excluding hydrogens is 200 g/mol. The first-order valence-electron chi connectivity index (χ1n) is 4.62. The van der Waals surface area contributed by atoms with Gasteiger partial charge in [0.1, 0.15) is 5.78 Å². The molecule has 0 aliphatic heterocycles. The highest BCUT2D eigenvalue weighted by Crippen LogP contribution is 2.30. The molecule has 0 spiro atoms. The Morgan fingerprint density at radius 3 is 3.07 bits per heavy atom. The number of Topliss-reactive ketones (excluding diaryl/α,β-unsaturated/α-hetero) is 1. The van der Waals surface area contributed by atoms with Crippen molar-refractivity contribution in [2.45, 2.75) is 25.0 Å². The van der Waals surface area contributed by atoms with Crippen molar-refractivity contribution >= 4 is 17.5 Å². The predicted octanol–water partition coefficient (Wildman–Crippen LogP) is 1.45. The number of thioether (sulfide) groups is 1. The molecule has 4 nitrogen and oxygen atoms in total. The Morgan fingerprint density at radius 1 is 1.64 bits per heavy atom. The number of rotatable bonds is 5. The average Bonchev–Trinajstić information content (AvgIpc) is 2.92. The van der Waals surface area contributed by atoms with E-state index >= 15 is 0 Å². The van der Waals surface area contributed by atoms with Gasteiger partial charge in [0.15, 0.2) is 5.82 Å². The normalized spacial score (nSPS) is 15.8. The van der Waals surface area contributed by atoms with Crippen LogP contribution in [-0.4, -0.2) is 22.2 Å². The minimum Gasteiger partial charge on any atom is -0.339 e. The van der Waals surface area contributed by atoms with Crippen LogP contribution in [0, 0.1) is 5.92 Å². The van der Waals surface area contributed by atoms with Gasteiger partial charge in [-0.1, -0.05) is 5.16 Å². The Morgan fingerprint density at radius 2 is 2.43 bits per heavy atom. The van der Waals surface area contributed by atoms with E-state index in [2.05, 4.69) is 10.1 Å². The van der Waals surface area contributed by atoms with Gasteiger partial charge in [0, 0.05) is 5.92 Å². The summed E-state index contributed by atoms with van der Waals surface area (Å²) in [6.07, 6.45) is 4.35. The van der Waals surface area contributed by atoms with Crippen LogP contribution in [0.5, 0.6) is 0 Å². The first-order valence-corrected chi connectivity index (χ1v) is 6.02. The minimum atomic E-state index is 0.240. The SMILES string of the molecule is CSCc1noc(CC(=O)C2CC2)n1. The second kappa shape index (κ2) is 4.13. The quantitative estimate of drug-likeness (QED) is 0.739. The second-order valence-corrected chi connectivity index (χ2v) is 4.32. The lowest BCUT2D eigenvalue weighted by Gasteiger charge is -1.90. The number of hydrogen-bond acceptors (Lipinski definition) is 5. The van der Waals surface area contributed by atoms with Crippen molar-refractivity contribution in [3.8, 4) is 0 Å². The van der Waals surface area contributed by atoms with Gasteiger partial charge in [0.25, 0.3) is 0 Å². The third-order valence-electron chi connectivity index (χ3n) is 2.14. The largest absolute Gasteiger partial charge is 0.339 e. The number of carbonyl (C=O) groups is 1. The van der Waals surface area contributed by atoms with E-state index in [0.29, 0.717) is 18.1 Å². The summed E-state index contributed by atoms with van der Waals surface area (Å²) in [5.74, 6) is 2.39. The van der Waals surface area contributed by atoms with Crippen LogP contribution >= 0.6 is 11.8 Å². The van der Waals surface area contributed by atoms with Crippen LogP contribution in [0.4, 0.5) is 0 Å². The van der Waals surface area contributed by atoms with E-state index in [-0.39, 0.29) is 11.7 Å². The molecule has 0 atom stereocenters. The third kappa shape index (κ3) is 2.35. The molecule has 1 saturated carbocycles. The Labute approximate surface area is 86.4 Å². The highest BCUT2D eigenvalue weighted by molar-refractivity contribution is 7.97. The topological polar surface area (TPSA) is 56.0 Å². The van der Waals surface area contributed by atoms with E-state index in [9.17, 15) is 4.79 Å². The van der Waals surface area contributed by atoms with Crippen LogP contribution in [0.15, 0.2) is 4.52 Å². The molecule has 5 heteroatoms. The van der Waals surface area contributed by atoms with Gasteiger partial charge >= 0.3 is 0 Å². The van der Waals surface area contributed by atoms with Crippen molar-refractivity contribution in [1.82, 2.24) is 10.1 Å². The lowest BCUT2D eigenvalue weighted by molar-refractivity contribution is -0.119. The highest BCUT2D eigenvalue weighted by atomic mass is 32.2. The number of ketones is 1. The van der Waals surface area contributed by atoms with Crippen molar-refractivity contribution < 1.29 is 9.32 Å². The summed E-state index contributed by atoms with van der Waals surface area (Å²) in [4.78, 5) is 15.5. The summed E-state index contributed by atoms with van der Waals surface area (Å²) in [7, 11) is 0. The summed E-state index contributed by atoms with van der Waals surface area (Å²) in [6, 6.07) is 0. The van der Waals surface area contributed by atoms with Crippen molar-refractivity contribution in [3.05, 3.63) is 11.7 Å². The lowest BCUT2D eigenvalue weighted by Crippen LogP contribution is -2.04.